The highest BCUT2D eigenvalue weighted by molar-refractivity contribution is 7.16. The third-order valence-corrected chi connectivity index (χ3v) is 4.70. The number of ether oxygens (including phenoxy) is 1. The van der Waals surface area contributed by atoms with Crippen molar-refractivity contribution in [1.82, 2.24) is 4.57 Å². The normalized spacial score (nSPS) is 11.2. The number of phenolic OH excluding ortho intramolecular Hbond substituents is 1. The molecule has 0 saturated heterocycles. The summed E-state index contributed by atoms with van der Waals surface area (Å²) >= 11 is 1.17. The summed E-state index contributed by atoms with van der Waals surface area (Å²) in [5.41, 5.74) is 2.13. The predicted octanol–water partition coefficient (Wildman–Crippen LogP) is 3.21. The lowest BCUT2D eigenvalue weighted by Crippen LogP contribution is -2.06. The number of hydrogen-bond acceptors (Lipinski definition) is 5. The molecule has 3 aromatic rings. The fraction of sp³-hybridized carbons (Fsp3) is 0.111. The molecule has 0 atom stereocenters. The van der Waals surface area contributed by atoms with Crippen LogP contribution >= 0.6 is 11.3 Å². The van der Waals surface area contributed by atoms with Gasteiger partial charge in [0.25, 0.3) is 0 Å². The number of aromatic nitrogens is 1. The maximum Gasteiger partial charge on any atom is 0.307 e. The molecule has 0 aliphatic heterocycles. The van der Waals surface area contributed by atoms with E-state index >= 15 is 0 Å². The maximum absolute atomic E-state index is 12.2. The van der Waals surface area contributed by atoms with Crippen LogP contribution in [-0.2, 0) is 7.05 Å². The summed E-state index contributed by atoms with van der Waals surface area (Å²) in [4.78, 5) is 23.9. The molecule has 0 spiro atoms. The van der Waals surface area contributed by atoms with Crippen molar-refractivity contribution in [1.29, 1.82) is 0 Å². The van der Waals surface area contributed by atoms with Gasteiger partial charge in [-0.25, -0.2) is 0 Å². The first kappa shape index (κ1) is 16.0. The minimum absolute atomic E-state index is 0.0116. The zero-order chi connectivity index (χ0) is 17.3. The molecule has 1 aromatic heterocycles. The number of thiazole rings is 1. The van der Waals surface area contributed by atoms with Gasteiger partial charge in [0.2, 0.25) is 0 Å². The van der Waals surface area contributed by atoms with Gasteiger partial charge in [-0.05, 0) is 42.0 Å². The first-order valence-electron chi connectivity index (χ1n) is 7.18. The quantitative estimate of drug-likeness (QED) is 0.584. The molecule has 0 aliphatic rings. The molecule has 0 saturated carbocycles. The Bertz CT molecular complexity index is 1010. The molecule has 0 radical (unpaired) electrons. The Labute approximate surface area is 142 Å². The fourth-order valence-electron chi connectivity index (χ4n) is 2.35. The van der Waals surface area contributed by atoms with Crippen molar-refractivity contribution in [2.24, 2.45) is 7.05 Å². The van der Waals surface area contributed by atoms with Crippen molar-refractivity contribution >= 4 is 33.4 Å². The Morgan fingerprint density at radius 2 is 2.04 bits per heavy atom. The number of benzene rings is 2. The molecule has 0 amide bonds. The van der Waals surface area contributed by atoms with Crippen LogP contribution in [0.1, 0.15) is 15.9 Å². The van der Waals surface area contributed by atoms with E-state index in [2.05, 4.69) is 0 Å². The zero-order valence-electron chi connectivity index (χ0n) is 13.1. The molecule has 6 heteroatoms. The molecule has 0 bridgehead atoms. The maximum atomic E-state index is 12.2. The van der Waals surface area contributed by atoms with E-state index in [1.807, 2.05) is 18.2 Å². The number of carbonyl (C=O) groups excluding carboxylic acids is 1. The summed E-state index contributed by atoms with van der Waals surface area (Å²) in [6.45, 7) is 0. The lowest BCUT2D eigenvalue weighted by atomic mass is 10.1. The van der Waals surface area contributed by atoms with E-state index in [0.717, 1.165) is 15.8 Å². The Kier molecular flexibility index (Phi) is 4.22. The zero-order valence-corrected chi connectivity index (χ0v) is 14.0. The standard InChI is InChI=1S/C18H15NO4S/c1-19-13-6-3-11(9-17(13)24-18(19)22)4-7-14(20)12-5-8-15(21)16(10-12)23-2/h3-10,21H,1-2H3/b7-4+. The Morgan fingerprint density at radius 1 is 1.25 bits per heavy atom. The molecular formula is C18H15NO4S. The predicted molar refractivity (Wildman–Crippen MR) is 95.1 cm³/mol. The second kappa shape index (κ2) is 6.33. The molecule has 1 heterocycles. The van der Waals surface area contributed by atoms with E-state index in [0.29, 0.717) is 5.56 Å². The first-order chi connectivity index (χ1) is 11.5. The van der Waals surface area contributed by atoms with Crippen LogP contribution in [0.2, 0.25) is 0 Å². The summed E-state index contributed by atoms with van der Waals surface area (Å²) in [5, 5.41) is 9.57. The highest BCUT2D eigenvalue weighted by atomic mass is 32.1. The van der Waals surface area contributed by atoms with Crippen molar-refractivity contribution in [3.63, 3.8) is 0 Å². The SMILES string of the molecule is COc1cc(C(=O)/C=C/c2ccc3c(c2)sc(=O)n3C)ccc1O. The van der Waals surface area contributed by atoms with Gasteiger partial charge < -0.3 is 14.4 Å². The molecule has 3 rings (SSSR count). The van der Waals surface area contributed by atoms with Crippen molar-refractivity contribution in [3.8, 4) is 11.5 Å². The van der Waals surface area contributed by atoms with E-state index < -0.39 is 0 Å². The van der Waals surface area contributed by atoms with Gasteiger partial charge in [0.15, 0.2) is 17.3 Å². The van der Waals surface area contributed by atoms with Gasteiger partial charge in [-0.1, -0.05) is 23.5 Å². The van der Waals surface area contributed by atoms with E-state index in [1.165, 1.54) is 42.7 Å². The highest BCUT2D eigenvalue weighted by Gasteiger charge is 2.08. The van der Waals surface area contributed by atoms with Crippen LogP contribution in [-0.4, -0.2) is 22.6 Å². The van der Waals surface area contributed by atoms with Crippen molar-refractivity contribution in [2.45, 2.75) is 0 Å². The average molecular weight is 341 g/mol. The van der Waals surface area contributed by atoms with Gasteiger partial charge in [0, 0.05) is 12.6 Å². The first-order valence-corrected chi connectivity index (χ1v) is 8.00. The Hall–Kier alpha value is -2.86. The summed E-state index contributed by atoms with van der Waals surface area (Å²) < 4.78 is 7.48. The summed E-state index contributed by atoms with van der Waals surface area (Å²) in [5.74, 6) is 0.0434. The van der Waals surface area contributed by atoms with Gasteiger partial charge in [-0.15, -0.1) is 0 Å². The number of nitrogens with zero attached hydrogens (tertiary/aromatic N) is 1. The van der Waals surface area contributed by atoms with Crippen LogP contribution < -0.4 is 9.61 Å². The molecule has 122 valence electrons. The van der Waals surface area contributed by atoms with Crippen LogP contribution in [0.3, 0.4) is 0 Å². The highest BCUT2D eigenvalue weighted by Crippen LogP contribution is 2.26. The van der Waals surface area contributed by atoms with Crippen LogP contribution in [0.4, 0.5) is 0 Å². The summed E-state index contributed by atoms with van der Waals surface area (Å²) in [6.07, 6.45) is 3.16. The molecule has 0 fully saturated rings. The molecule has 2 aromatic carbocycles. The number of methoxy groups -OCH3 is 1. The monoisotopic (exact) mass is 341 g/mol. The van der Waals surface area contributed by atoms with Crippen LogP contribution in [0.5, 0.6) is 11.5 Å². The largest absolute Gasteiger partial charge is 0.504 e. The van der Waals surface area contributed by atoms with Gasteiger partial charge in [0.1, 0.15) is 0 Å². The molecule has 0 unspecified atom stereocenters. The number of rotatable bonds is 4. The van der Waals surface area contributed by atoms with Crippen molar-refractivity contribution in [3.05, 3.63) is 63.3 Å². The van der Waals surface area contributed by atoms with Crippen molar-refractivity contribution in [2.75, 3.05) is 7.11 Å². The minimum Gasteiger partial charge on any atom is -0.504 e. The second-order valence-electron chi connectivity index (χ2n) is 5.24. The molecule has 5 nitrogen and oxygen atoms in total. The number of fused-ring (bicyclic) bond motifs is 1. The number of phenols is 1. The number of ketones is 1. The lowest BCUT2D eigenvalue weighted by molar-refractivity contribution is 0.104. The van der Waals surface area contributed by atoms with Crippen molar-refractivity contribution < 1.29 is 14.6 Å². The van der Waals surface area contributed by atoms with E-state index in [1.54, 1.807) is 17.7 Å². The van der Waals surface area contributed by atoms with Gasteiger partial charge in [0.05, 0.1) is 17.3 Å². The summed E-state index contributed by atoms with van der Waals surface area (Å²) in [7, 11) is 3.16. The number of allylic oxidation sites excluding steroid dienone is 1. The Balaban J connectivity index is 1.87. The molecule has 1 N–H and O–H groups in total. The smallest absolute Gasteiger partial charge is 0.307 e. The van der Waals surface area contributed by atoms with Crippen LogP contribution in [0.25, 0.3) is 16.3 Å². The Morgan fingerprint density at radius 3 is 2.79 bits per heavy atom. The van der Waals surface area contributed by atoms with E-state index in [9.17, 15) is 14.7 Å². The third-order valence-electron chi connectivity index (χ3n) is 3.71. The number of aromatic hydroxyl groups is 1. The molecule has 0 aliphatic carbocycles. The average Bonchev–Trinajstić information content (AvgIpc) is 2.87. The van der Waals surface area contributed by atoms with Gasteiger partial charge in [-0.2, -0.15) is 0 Å². The van der Waals surface area contributed by atoms with Gasteiger partial charge in [-0.3, -0.25) is 9.59 Å². The third kappa shape index (κ3) is 2.96. The van der Waals surface area contributed by atoms with Crippen LogP contribution in [0.15, 0.2) is 47.3 Å². The minimum atomic E-state index is -0.199. The number of carbonyl (C=O) groups is 1. The van der Waals surface area contributed by atoms with Crippen LogP contribution in [0, 0.1) is 0 Å². The number of aryl methyl sites for hydroxylation is 1. The van der Waals surface area contributed by atoms with E-state index in [-0.39, 0.29) is 22.2 Å². The lowest BCUT2D eigenvalue weighted by Gasteiger charge is -2.04. The van der Waals surface area contributed by atoms with Gasteiger partial charge >= 0.3 is 4.87 Å². The summed E-state index contributed by atoms with van der Waals surface area (Å²) in [6, 6.07) is 10.1. The number of hydrogen-bond donors (Lipinski definition) is 1. The molecule has 24 heavy (non-hydrogen) atoms. The van der Waals surface area contributed by atoms with E-state index in [4.69, 9.17) is 4.74 Å². The second-order valence-corrected chi connectivity index (χ2v) is 6.23. The fourth-order valence-corrected chi connectivity index (χ4v) is 3.28. The topological polar surface area (TPSA) is 68.5 Å². The molecular weight excluding hydrogens is 326 g/mol.